The number of aliphatic hydroxyl groups is 1. The quantitative estimate of drug-likeness (QED) is 0.0222. The van der Waals surface area contributed by atoms with Gasteiger partial charge in [0.25, 0.3) is 0 Å². The lowest BCUT2D eigenvalue weighted by molar-refractivity contribution is -0.161. The van der Waals surface area contributed by atoms with Crippen LogP contribution in [-0.2, 0) is 65.4 Å². The maximum Gasteiger partial charge on any atom is 0.472 e. The summed E-state index contributed by atoms with van der Waals surface area (Å²) < 4.78 is 68.6. The van der Waals surface area contributed by atoms with Crippen LogP contribution in [0.4, 0.5) is 0 Å². The van der Waals surface area contributed by atoms with E-state index >= 15 is 0 Å². The predicted octanol–water partition coefficient (Wildman–Crippen LogP) is 22.6. The summed E-state index contributed by atoms with van der Waals surface area (Å²) in [4.78, 5) is 72.9. The monoisotopic (exact) mass is 1410 g/mol. The maximum absolute atomic E-state index is 13.1. The Bertz CT molecular complexity index is 1870. The zero-order valence-corrected chi connectivity index (χ0v) is 64.6. The fourth-order valence-corrected chi connectivity index (χ4v) is 13.3. The first-order valence-corrected chi connectivity index (χ1v) is 42.9. The van der Waals surface area contributed by atoms with E-state index in [1.54, 1.807) is 0 Å². The molecule has 0 aromatic rings. The largest absolute Gasteiger partial charge is 0.472 e. The third kappa shape index (κ3) is 69.2. The number of carbonyl (C=O) groups excluding carboxylic acids is 4. The summed E-state index contributed by atoms with van der Waals surface area (Å²) in [6.45, 7) is 11.9. The van der Waals surface area contributed by atoms with Gasteiger partial charge in [-0.05, 0) is 43.4 Å². The highest BCUT2D eigenvalue weighted by molar-refractivity contribution is 7.47. The van der Waals surface area contributed by atoms with Gasteiger partial charge in [-0.25, -0.2) is 9.13 Å². The van der Waals surface area contributed by atoms with Crippen LogP contribution in [-0.4, -0.2) is 96.7 Å². The van der Waals surface area contributed by atoms with Crippen LogP contribution in [0.2, 0.25) is 0 Å². The number of phosphoric ester groups is 2. The van der Waals surface area contributed by atoms with Gasteiger partial charge in [-0.1, -0.05) is 344 Å². The number of unbranched alkanes of at least 4 members (excludes halogenated alkanes) is 42. The molecule has 0 saturated heterocycles. The van der Waals surface area contributed by atoms with Crippen molar-refractivity contribution in [2.45, 2.75) is 414 Å². The molecule has 6 atom stereocenters. The highest BCUT2D eigenvalue weighted by atomic mass is 31.2. The third-order valence-electron chi connectivity index (χ3n) is 18.2. The highest BCUT2D eigenvalue weighted by Gasteiger charge is 2.30. The molecule has 96 heavy (non-hydrogen) atoms. The molecule has 0 aliphatic heterocycles. The lowest BCUT2D eigenvalue weighted by atomic mass is 9.99. The molecule has 0 aromatic heterocycles. The van der Waals surface area contributed by atoms with Gasteiger partial charge in [-0.15, -0.1) is 0 Å². The second kappa shape index (κ2) is 67.5. The lowest BCUT2D eigenvalue weighted by Crippen LogP contribution is -2.30. The van der Waals surface area contributed by atoms with Gasteiger partial charge < -0.3 is 33.8 Å². The minimum Gasteiger partial charge on any atom is -0.462 e. The molecule has 0 spiro atoms. The molecule has 0 bridgehead atoms. The molecule has 0 saturated carbocycles. The fourth-order valence-electron chi connectivity index (χ4n) is 11.7. The van der Waals surface area contributed by atoms with Crippen molar-refractivity contribution >= 4 is 39.5 Å². The second-order valence-corrected chi connectivity index (χ2v) is 31.8. The van der Waals surface area contributed by atoms with Gasteiger partial charge in [0.15, 0.2) is 12.2 Å². The van der Waals surface area contributed by atoms with E-state index in [4.69, 9.17) is 37.0 Å². The number of carbonyl (C=O) groups is 4. The number of hydrogen-bond acceptors (Lipinski definition) is 15. The van der Waals surface area contributed by atoms with Crippen molar-refractivity contribution < 1.29 is 80.2 Å². The van der Waals surface area contributed by atoms with Crippen molar-refractivity contribution in [3.63, 3.8) is 0 Å². The minimum absolute atomic E-state index is 0.106. The molecule has 0 fully saturated rings. The second-order valence-electron chi connectivity index (χ2n) is 28.9. The van der Waals surface area contributed by atoms with Gasteiger partial charge in [0, 0.05) is 25.7 Å². The Kier molecular flexibility index (Phi) is 66.2. The summed E-state index contributed by atoms with van der Waals surface area (Å²) in [5, 5.41) is 10.6. The van der Waals surface area contributed by atoms with Crippen molar-refractivity contribution in [1.29, 1.82) is 0 Å². The van der Waals surface area contributed by atoms with E-state index in [1.165, 1.54) is 205 Å². The van der Waals surface area contributed by atoms with Crippen LogP contribution in [0.15, 0.2) is 0 Å². The summed E-state index contributed by atoms with van der Waals surface area (Å²) in [5.74, 6) is 0.218. The van der Waals surface area contributed by atoms with Gasteiger partial charge in [0.05, 0.1) is 26.4 Å². The summed E-state index contributed by atoms with van der Waals surface area (Å²) in [6.07, 6.45) is 53.9. The maximum atomic E-state index is 13.1. The Balaban J connectivity index is 5.28. The average molecular weight is 1410 g/mol. The highest BCUT2D eigenvalue weighted by Crippen LogP contribution is 2.45. The zero-order chi connectivity index (χ0) is 70.9. The summed E-state index contributed by atoms with van der Waals surface area (Å²) in [5.41, 5.74) is 0. The van der Waals surface area contributed by atoms with E-state index in [1.807, 2.05) is 0 Å². The van der Waals surface area contributed by atoms with Gasteiger partial charge in [-0.2, -0.15) is 0 Å². The number of aliphatic hydroxyl groups excluding tert-OH is 1. The van der Waals surface area contributed by atoms with Gasteiger partial charge in [-0.3, -0.25) is 37.3 Å². The molecular weight excluding hydrogens is 1260 g/mol. The van der Waals surface area contributed by atoms with E-state index in [0.29, 0.717) is 25.7 Å². The first kappa shape index (κ1) is 94.1. The van der Waals surface area contributed by atoms with E-state index in [2.05, 4.69) is 48.5 Å². The standard InChI is InChI=1S/C77H150O17P2/c1-8-10-11-12-13-14-15-16-17-18-21-32-39-46-53-60-76(81)93-72(64-87-74(79)58-51-44-37-30-22-19-20-27-34-41-48-55-68(3)4)66-91-95(83,84)89-62-71(78)63-90-96(85,86)92-67-73(65-88-75(80)59-52-45-38-31-25-23-28-35-42-49-56-69(5)6)94-77(82)61-54-47-40-33-26-24-29-36-43-50-57-70(7)9-2/h68-73,78H,8-67H2,1-7H3,(H,83,84)(H,85,86)/t70?,71-,72-,73-/m1/s1. The Morgan fingerprint density at radius 3 is 0.792 bits per heavy atom. The van der Waals surface area contributed by atoms with E-state index in [-0.39, 0.29) is 25.7 Å². The Morgan fingerprint density at radius 1 is 0.302 bits per heavy atom. The Morgan fingerprint density at radius 2 is 0.531 bits per heavy atom. The first-order valence-electron chi connectivity index (χ1n) is 39.9. The predicted molar refractivity (Wildman–Crippen MR) is 391 cm³/mol. The van der Waals surface area contributed by atoms with Crippen LogP contribution in [0.1, 0.15) is 395 Å². The lowest BCUT2D eigenvalue weighted by Gasteiger charge is -2.21. The molecule has 19 heteroatoms. The summed E-state index contributed by atoms with van der Waals surface area (Å²) in [7, 11) is -9.92. The molecule has 0 aromatic carbocycles. The zero-order valence-electron chi connectivity index (χ0n) is 62.8. The SMILES string of the molecule is CCCCCCCCCCCCCCCCCC(=O)O[C@H](COC(=O)CCCCCCCCCCCCCC(C)C)COP(=O)(O)OC[C@@H](O)COP(=O)(O)OC[C@@H](COC(=O)CCCCCCCCCCCCC(C)C)OC(=O)CCCCCCCCCCCCC(C)CC. The number of esters is 4. The molecule has 0 amide bonds. The van der Waals surface area contributed by atoms with Gasteiger partial charge >= 0.3 is 39.5 Å². The average Bonchev–Trinajstić information content (AvgIpc) is 1.26. The molecule has 0 aliphatic rings. The Labute approximate surface area is 588 Å². The molecule has 17 nitrogen and oxygen atoms in total. The normalized spacial score (nSPS) is 14.3. The van der Waals surface area contributed by atoms with Crippen LogP contribution in [0.25, 0.3) is 0 Å². The fraction of sp³-hybridized carbons (Fsp3) is 0.948. The molecule has 0 heterocycles. The van der Waals surface area contributed by atoms with Crippen molar-refractivity contribution in [1.82, 2.24) is 0 Å². The minimum atomic E-state index is -4.96. The van der Waals surface area contributed by atoms with Crippen LogP contribution in [0, 0.1) is 17.8 Å². The number of rotatable bonds is 75. The van der Waals surface area contributed by atoms with Crippen LogP contribution in [0.3, 0.4) is 0 Å². The van der Waals surface area contributed by atoms with Crippen LogP contribution >= 0.6 is 15.6 Å². The first-order chi connectivity index (χ1) is 46.3. The molecule has 0 rings (SSSR count). The topological polar surface area (TPSA) is 237 Å². The number of ether oxygens (including phenoxy) is 4. The van der Waals surface area contributed by atoms with Crippen molar-refractivity contribution in [2.24, 2.45) is 17.8 Å². The van der Waals surface area contributed by atoms with Crippen LogP contribution in [0.5, 0.6) is 0 Å². The molecule has 0 radical (unpaired) electrons. The molecule has 570 valence electrons. The summed E-state index contributed by atoms with van der Waals surface area (Å²) in [6, 6.07) is 0. The summed E-state index contributed by atoms with van der Waals surface area (Å²) >= 11 is 0. The smallest absolute Gasteiger partial charge is 0.462 e. The Hall–Kier alpha value is -1.94. The molecular formula is C77H150O17P2. The van der Waals surface area contributed by atoms with E-state index in [9.17, 15) is 43.2 Å². The van der Waals surface area contributed by atoms with Crippen molar-refractivity contribution in [3.05, 3.63) is 0 Å². The van der Waals surface area contributed by atoms with Gasteiger partial charge in [0.1, 0.15) is 19.3 Å². The number of phosphoric acid groups is 2. The van der Waals surface area contributed by atoms with Crippen molar-refractivity contribution in [2.75, 3.05) is 39.6 Å². The molecule has 0 aliphatic carbocycles. The third-order valence-corrected chi connectivity index (χ3v) is 20.1. The van der Waals surface area contributed by atoms with Crippen LogP contribution < -0.4 is 0 Å². The van der Waals surface area contributed by atoms with Gasteiger partial charge in [0.2, 0.25) is 0 Å². The molecule has 3 N–H and O–H groups in total. The van der Waals surface area contributed by atoms with E-state index < -0.39 is 97.5 Å². The number of hydrogen-bond donors (Lipinski definition) is 3. The van der Waals surface area contributed by atoms with Crippen molar-refractivity contribution in [3.8, 4) is 0 Å². The van der Waals surface area contributed by atoms with E-state index in [0.717, 1.165) is 108 Å². The molecule has 3 unspecified atom stereocenters.